The summed E-state index contributed by atoms with van der Waals surface area (Å²) >= 11 is -1.14. The third-order valence-corrected chi connectivity index (χ3v) is 4.57. The largest absolute Gasteiger partial charge is 0.598 e. The smallest absolute Gasteiger partial charge is 0.338 e. The summed E-state index contributed by atoms with van der Waals surface area (Å²) in [6.07, 6.45) is 0. The van der Waals surface area contributed by atoms with Crippen molar-refractivity contribution in [2.75, 3.05) is 0 Å². The number of esters is 1. The summed E-state index contributed by atoms with van der Waals surface area (Å²) in [5, 5.41) is 0. The SMILES string of the molecule is C[C@@H](N[S@@+]([O-])C(C)(C)C)c1ccc(C(=O)OC(C)(C)C)cc1. The third kappa shape index (κ3) is 5.99. The Hall–Kier alpha value is -1.04. The molecule has 2 atom stereocenters. The van der Waals surface area contributed by atoms with E-state index in [0.29, 0.717) is 5.56 Å². The minimum absolute atomic E-state index is 0.0623. The van der Waals surface area contributed by atoms with Crippen LogP contribution in [0, 0.1) is 0 Å². The zero-order valence-corrected chi connectivity index (χ0v) is 15.3. The first-order valence-electron chi connectivity index (χ1n) is 7.41. The third-order valence-electron chi connectivity index (χ3n) is 2.89. The van der Waals surface area contributed by atoms with Crippen LogP contribution >= 0.6 is 0 Å². The Morgan fingerprint density at radius 1 is 1.14 bits per heavy atom. The number of nitrogens with one attached hydrogen (secondary N) is 1. The fourth-order valence-corrected chi connectivity index (χ4v) is 2.46. The molecule has 5 heteroatoms. The van der Waals surface area contributed by atoms with Crippen LogP contribution in [0.5, 0.6) is 0 Å². The van der Waals surface area contributed by atoms with Crippen LogP contribution in [0.25, 0.3) is 0 Å². The summed E-state index contributed by atoms with van der Waals surface area (Å²) in [7, 11) is 0. The van der Waals surface area contributed by atoms with Gasteiger partial charge in [0.2, 0.25) is 0 Å². The molecule has 0 bridgehead atoms. The number of rotatable bonds is 4. The second-order valence-corrected chi connectivity index (χ2v) is 9.34. The predicted molar refractivity (Wildman–Crippen MR) is 91.1 cm³/mol. The van der Waals surface area contributed by atoms with Crippen molar-refractivity contribution in [2.24, 2.45) is 0 Å². The number of ether oxygens (including phenoxy) is 1. The van der Waals surface area contributed by atoms with Gasteiger partial charge in [-0.15, -0.1) is 4.72 Å². The van der Waals surface area contributed by atoms with Gasteiger partial charge in [-0.1, -0.05) is 12.1 Å². The van der Waals surface area contributed by atoms with E-state index in [-0.39, 0.29) is 16.8 Å². The van der Waals surface area contributed by atoms with Crippen LogP contribution in [-0.4, -0.2) is 20.9 Å². The molecule has 1 rings (SSSR count). The average molecular weight is 325 g/mol. The second kappa shape index (κ2) is 7.02. The van der Waals surface area contributed by atoms with Crippen molar-refractivity contribution < 1.29 is 14.1 Å². The lowest BCUT2D eigenvalue weighted by atomic mass is 10.1. The normalized spacial score (nSPS) is 15.3. The van der Waals surface area contributed by atoms with Crippen LogP contribution in [0.3, 0.4) is 0 Å². The van der Waals surface area contributed by atoms with Crippen LogP contribution < -0.4 is 4.72 Å². The molecule has 0 radical (unpaired) electrons. The van der Waals surface area contributed by atoms with Crippen molar-refractivity contribution >= 4 is 17.3 Å². The van der Waals surface area contributed by atoms with Gasteiger partial charge in [-0.25, -0.2) is 4.79 Å². The Kier molecular flexibility index (Phi) is 6.07. The second-order valence-electron chi connectivity index (χ2n) is 7.34. The highest BCUT2D eigenvalue weighted by molar-refractivity contribution is 7.90. The molecule has 1 aromatic rings. The minimum Gasteiger partial charge on any atom is -0.598 e. The van der Waals surface area contributed by atoms with Crippen molar-refractivity contribution in [3.8, 4) is 0 Å². The van der Waals surface area contributed by atoms with Crippen molar-refractivity contribution in [1.29, 1.82) is 0 Å². The number of carbonyl (C=O) groups is 1. The molecule has 0 aliphatic heterocycles. The van der Waals surface area contributed by atoms with Crippen LogP contribution in [-0.2, 0) is 16.1 Å². The van der Waals surface area contributed by atoms with E-state index in [0.717, 1.165) is 5.56 Å². The monoisotopic (exact) mass is 325 g/mol. The lowest BCUT2D eigenvalue weighted by molar-refractivity contribution is 0.00695. The van der Waals surface area contributed by atoms with Gasteiger partial charge >= 0.3 is 5.97 Å². The molecule has 0 aromatic heterocycles. The molecular weight excluding hydrogens is 298 g/mol. The fourth-order valence-electron chi connectivity index (χ4n) is 1.65. The summed E-state index contributed by atoms with van der Waals surface area (Å²) in [5.74, 6) is -0.335. The number of hydrogen-bond acceptors (Lipinski definition) is 4. The Morgan fingerprint density at radius 2 is 1.64 bits per heavy atom. The van der Waals surface area contributed by atoms with Crippen LogP contribution in [0.2, 0.25) is 0 Å². The summed E-state index contributed by atoms with van der Waals surface area (Å²) < 4.78 is 20.2. The Balaban J connectivity index is 2.74. The van der Waals surface area contributed by atoms with Crippen LogP contribution in [0.1, 0.15) is 70.4 Å². The number of hydrogen-bond donors (Lipinski definition) is 1. The van der Waals surface area contributed by atoms with E-state index < -0.39 is 17.0 Å². The van der Waals surface area contributed by atoms with Gasteiger partial charge in [-0.05, 0) is 66.2 Å². The summed E-state index contributed by atoms with van der Waals surface area (Å²) in [4.78, 5) is 12.0. The van der Waals surface area contributed by atoms with Crippen molar-refractivity contribution in [3.63, 3.8) is 0 Å². The summed E-state index contributed by atoms with van der Waals surface area (Å²) in [6, 6.07) is 7.13. The number of benzene rings is 1. The van der Waals surface area contributed by atoms with Gasteiger partial charge in [-0.3, -0.25) is 0 Å². The van der Waals surface area contributed by atoms with Gasteiger partial charge in [0.1, 0.15) is 10.3 Å². The van der Waals surface area contributed by atoms with E-state index in [1.807, 2.05) is 60.6 Å². The van der Waals surface area contributed by atoms with Crippen LogP contribution in [0.4, 0.5) is 0 Å². The van der Waals surface area contributed by atoms with E-state index in [1.54, 1.807) is 12.1 Å². The lowest BCUT2D eigenvalue weighted by Crippen LogP contribution is -2.40. The molecule has 4 nitrogen and oxygen atoms in total. The number of carbonyl (C=O) groups excluding carboxylic acids is 1. The quantitative estimate of drug-likeness (QED) is 0.676. The van der Waals surface area contributed by atoms with Gasteiger partial charge in [0, 0.05) is 11.4 Å². The fraction of sp³-hybridized carbons (Fsp3) is 0.588. The van der Waals surface area contributed by atoms with Gasteiger partial charge in [-0.2, -0.15) is 0 Å². The first kappa shape index (κ1) is 19.0. The molecule has 22 heavy (non-hydrogen) atoms. The molecule has 0 amide bonds. The maximum absolute atomic E-state index is 12.1. The van der Waals surface area contributed by atoms with E-state index in [1.165, 1.54) is 0 Å². The van der Waals surface area contributed by atoms with Gasteiger partial charge in [0.25, 0.3) is 0 Å². The molecular formula is C17H27NO3S. The molecule has 0 unspecified atom stereocenters. The molecule has 0 fully saturated rings. The Labute approximate surface area is 137 Å². The Morgan fingerprint density at radius 3 is 2.05 bits per heavy atom. The van der Waals surface area contributed by atoms with Crippen molar-refractivity contribution in [3.05, 3.63) is 35.4 Å². The lowest BCUT2D eigenvalue weighted by Gasteiger charge is -2.26. The van der Waals surface area contributed by atoms with Gasteiger partial charge in [0.15, 0.2) is 0 Å². The maximum atomic E-state index is 12.1. The Bertz CT molecular complexity index is 500. The predicted octanol–water partition coefficient (Wildman–Crippen LogP) is 3.75. The summed E-state index contributed by atoms with van der Waals surface area (Å²) in [6.45, 7) is 13.2. The average Bonchev–Trinajstić information content (AvgIpc) is 2.35. The highest BCUT2D eigenvalue weighted by Crippen LogP contribution is 2.20. The highest BCUT2D eigenvalue weighted by atomic mass is 32.2. The highest BCUT2D eigenvalue weighted by Gasteiger charge is 2.28. The van der Waals surface area contributed by atoms with Crippen molar-refractivity contribution in [1.82, 2.24) is 4.72 Å². The molecule has 0 saturated carbocycles. The van der Waals surface area contributed by atoms with Gasteiger partial charge in [0.05, 0.1) is 11.6 Å². The summed E-state index contributed by atoms with van der Waals surface area (Å²) in [5.41, 5.74) is 0.988. The van der Waals surface area contributed by atoms with E-state index in [4.69, 9.17) is 4.74 Å². The zero-order chi connectivity index (χ0) is 17.1. The minimum atomic E-state index is -1.14. The molecule has 124 valence electrons. The topological polar surface area (TPSA) is 61.4 Å². The molecule has 1 N–H and O–H groups in total. The van der Waals surface area contributed by atoms with Gasteiger partial charge < -0.3 is 9.29 Å². The molecule has 0 aliphatic rings. The standard InChI is InChI=1S/C17H27NO3S/c1-12(18-22(20)17(5,6)7)13-8-10-14(11-9-13)15(19)21-16(2,3)4/h8-12,18H,1-7H3/t12-,22+/m1/s1. The van der Waals surface area contributed by atoms with Crippen LogP contribution in [0.15, 0.2) is 24.3 Å². The van der Waals surface area contributed by atoms with E-state index in [2.05, 4.69) is 4.72 Å². The molecule has 0 saturated heterocycles. The maximum Gasteiger partial charge on any atom is 0.338 e. The molecule has 0 spiro atoms. The molecule has 1 aromatic carbocycles. The first-order chi connectivity index (χ1) is 9.90. The first-order valence-corrected chi connectivity index (χ1v) is 8.56. The molecule has 0 aliphatic carbocycles. The zero-order valence-electron chi connectivity index (χ0n) is 14.5. The van der Waals surface area contributed by atoms with E-state index >= 15 is 0 Å². The molecule has 0 heterocycles. The van der Waals surface area contributed by atoms with Crippen molar-refractivity contribution in [2.45, 2.75) is 64.9 Å². The van der Waals surface area contributed by atoms with E-state index in [9.17, 15) is 9.35 Å².